The molecule has 1 fully saturated rings. The van der Waals surface area contributed by atoms with Crippen molar-refractivity contribution in [1.82, 2.24) is 20.5 Å². The first-order valence-corrected chi connectivity index (χ1v) is 15.0. The first-order valence-electron chi connectivity index (χ1n) is 13.1. The zero-order chi connectivity index (χ0) is 27.1. The van der Waals surface area contributed by atoms with Crippen LogP contribution in [0.2, 0.25) is 0 Å². The van der Waals surface area contributed by atoms with Crippen LogP contribution in [0.4, 0.5) is 0 Å². The molecular weight excluding hydrogens is 504 g/mol. The van der Waals surface area contributed by atoms with E-state index in [2.05, 4.69) is 15.6 Å². The number of likely N-dealkylation sites (N-methyl/N-ethyl adjacent to an activating group) is 1. The molecule has 0 spiro atoms. The molecule has 0 radical (unpaired) electrons. The van der Waals surface area contributed by atoms with Crippen molar-refractivity contribution in [2.45, 2.75) is 56.5 Å². The van der Waals surface area contributed by atoms with E-state index in [4.69, 9.17) is 4.42 Å². The van der Waals surface area contributed by atoms with Crippen LogP contribution in [0.5, 0.6) is 0 Å². The predicted molar refractivity (Wildman–Crippen MR) is 147 cm³/mol. The van der Waals surface area contributed by atoms with Gasteiger partial charge in [0.2, 0.25) is 11.7 Å². The summed E-state index contributed by atoms with van der Waals surface area (Å²) < 4.78 is 32.2. The fourth-order valence-electron chi connectivity index (χ4n) is 4.93. The van der Waals surface area contributed by atoms with Crippen LogP contribution < -0.4 is 10.6 Å². The summed E-state index contributed by atoms with van der Waals surface area (Å²) >= 11 is 0. The van der Waals surface area contributed by atoms with Gasteiger partial charge in [0.25, 0.3) is 5.89 Å². The summed E-state index contributed by atoms with van der Waals surface area (Å²) in [5.41, 5.74) is 1.73. The largest absolute Gasteiger partial charge is 0.434 e. The lowest BCUT2D eigenvalue weighted by Crippen LogP contribution is -2.57. The second kappa shape index (κ2) is 12.6. The molecule has 204 valence electrons. The van der Waals surface area contributed by atoms with Gasteiger partial charge in [0.15, 0.2) is 15.4 Å². The molecule has 2 N–H and O–H groups in total. The topological polar surface area (TPSA) is 122 Å². The van der Waals surface area contributed by atoms with E-state index in [0.29, 0.717) is 29.5 Å². The van der Waals surface area contributed by atoms with Crippen LogP contribution in [0.3, 0.4) is 0 Å². The van der Waals surface area contributed by atoms with Crippen molar-refractivity contribution in [3.63, 3.8) is 0 Å². The van der Waals surface area contributed by atoms with Crippen LogP contribution in [-0.2, 0) is 20.4 Å². The monoisotopic (exact) mass is 540 g/mol. The number of piperidine rings is 1. The third-order valence-electron chi connectivity index (χ3n) is 7.04. The van der Waals surface area contributed by atoms with E-state index in [-0.39, 0.29) is 23.4 Å². The molecule has 3 aromatic rings. The van der Waals surface area contributed by atoms with Crippen LogP contribution in [0, 0.1) is 0 Å². The summed E-state index contributed by atoms with van der Waals surface area (Å²) in [4.78, 5) is 33.2. The number of aromatic nitrogens is 1. The third-order valence-corrected chi connectivity index (χ3v) is 8.63. The van der Waals surface area contributed by atoms with Gasteiger partial charge in [-0.1, -0.05) is 55.8 Å². The standard InChI is InChI=1S/C28H36N4O5S/c1-3-9-23(26(33)28-31-22-12-7-8-13-25(22)37-28)30-27(34)24(32(2)21-14-16-29-17-15-21)19-38(35,36)18-20-10-5-4-6-11-20/h4-8,10-13,21,23-24,29H,3,9,14-19H2,1-2H3,(H,30,34)/t23-,24-/m0/s1. The van der Waals surface area contributed by atoms with E-state index in [1.165, 1.54) is 0 Å². The molecule has 4 rings (SSSR count). The number of sulfone groups is 1. The average Bonchev–Trinajstić information content (AvgIpc) is 3.36. The molecule has 0 bridgehead atoms. The van der Waals surface area contributed by atoms with E-state index >= 15 is 0 Å². The van der Waals surface area contributed by atoms with Gasteiger partial charge >= 0.3 is 0 Å². The molecule has 10 heteroatoms. The van der Waals surface area contributed by atoms with Gasteiger partial charge in [0, 0.05) is 6.04 Å². The number of amides is 1. The van der Waals surface area contributed by atoms with Crippen LogP contribution in [-0.4, -0.2) is 74.0 Å². The maximum atomic E-state index is 13.7. The van der Waals surface area contributed by atoms with Gasteiger partial charge in [-0.2, -0.15) is 0 Å². The minimum Gasteiger partial charge on any atom is -0.434 e. The number of nitrogens with one attached hydrogen (secondary N) is 2. The molecule has 1 saturated heterocycles. The number of fused-ring (bicyclic) bond motifs is 1. The first kappa shape index (κ1) is 27.9. The minimum atomic E-state index is -3.63. The Morgan fingerprint density at radius 3 is 2.47 bits per heavy atom. The molecule has 9 nitrogen and oxygen atoms in total. The van der Waals surface area contributed by atoms with E-state index in [1.54, 1.807) is 49.5 Å². The fourth-order valence-corrected chi connectivity index (χ4v) is 6.61. The Bertz CT molecular complexity index is 1300. The highest BCUT2D eigenvalue weighted by Gasteiger charge is 2.36. The zero-order valence-electron chi connectivity index (χ0n) is 21.9. The van der Waals surface area contributed by atoms with Gasteiger partial charge in [-0.05, 0) is 57.1 Å². The van der Waals surface area contributed by atoms with Crippen LogP contribution >= 0.6 is 0 Å². The Morgan fingerprint density at radius 1 is 1.11 bits per heavy atom. The van der Waals surface area contributed by atoms with Crippen LogP contribution in [0.15, 0.2) is 59.0 Å². The molecule has 0 saturated carbocycles. The number of benzene rings is 2. The molecule has 2 atom stereocenters. The smallest absolute Gasteiger partial charge is 0.266 e. The number of hydrogen-bond acceptors (Lipinski definition) is 8. The molecule has 1 aliphatic rings. The number of Topliss-reactive ketones (excluding diaryl/α,β-unsaturated/α-hetero) is 1. The summed E-state index contributed by atoms with van der Waals surface area (Å²) in [6.07, 6.45) is 2.63. The van der Waals surface area contributed by atoms with E-state index < -0.39 is 33.6 Å². The van der Waals surface area contributed by atoms with Crippen LogP contribution in [0.25, 0.3) is 11.1 Å². The lowest BCUT2D eigenvalue weighted by molar-refractivity contribution is -0.126. The fraction of sp³-hybridized carbons (Fsp3) is 0.464. The summed E-state index contributed by atoms with van der Waals surface area (Å²) in [5, 5.41) is 6.16. The average molecular weight is 541 g/mol. The van der Waals surface area contributed by atoms with Gasteiger partial charge in [-0.15, -0.1) is 0 Å². The second-order valence-corrected chi connectivity index (χ2v) is 12.0. The lowest BCUT2D eigenvalue weighted by atomic mass is 10.0. The summed E-state index contributed by atoms with van der Waals surface area (Å²) in [6.45, 7) is 3.52. The summed E-state index contributed by atoms with van der Waals surface area (Å²) in [5.74, 6) is -1.47. The van der Waals surface area contributed by atoms with E-state index in [1.807, 2.05) is 24.0 Å². The zero-order valence-corrected chi connectivity index (χ0v) is 22.7. The summed E-state index contributed by atoms with van der Waals surface area (Å²) in [7, 11) is -1.83. The number of carbonyl (C=O) groups is 2. The van der Waals surface area contributed by atoms with Crippen molar-refractivity contribution in [3.8, 4) is 0 Å². The quantitative estimate of drug-likeness (QED) is 0.336. The molecule has 0 unspecified atom stereocenters. The van der Waals surface area contributed by atoms with Crippen molar-refractivity contribution in [3.05, 3.63) is 66.1 Å². The molecule has 2 aromatic carbocycles. The SMILES string of the molecule is CCC[C@H](NC(=O)[C@H](CS(=O)(=O)Cc1ccccc1)N(C)C1CCNCC1)C(=O)c1nc2ccccc2o1. The number of para-hydroxylation sites is 2. The minimum absolute atomic E-state index is 0.0521. The Balaban J connectivity index is 1.56. The normalized spacial score (nSPS) is 16.4. The van der Waals surface area contributed by atoms with Crippen molar-refractivity contribution >= 4 is 32.6 Å². The number of hydrogen-bond donors (Lipinski definition) is 2. The number of oxazole rings is 1. The predicted octanol–water partition coefficient (Wildman–Crippen LogP) is 2.96. The second-order valence-electron chi connectivity index (χ2n) is 9.90. The number of ketones is 1. The molecule has 0 aliphatic carbocycles. The molecule has 1 aliphatic heterocycles. The first-order chi connectivity index (χ1) is 18.3. The van der Waals surface area contributed by atoms with Crippen molar-refractivity contribution in [2.24, 2.45) is 0 Å². The summed E-state index contributed by atoms with van der Waals surface area (Å²) in [6, 6.07) is 14.3. The highest BCUT2D eigenvalue weighted by molar-refractivity contribution is 7.90. The van der Waals surface area contributed by atoms with Crippen molar-refractivity contribution in [2.75, 3.05) is 25.9 Å². The van der Waals surface area contributed by atoms with E-state index in [9.17, 15) is 18.0 Å². The Morgan fingerprint density at radius 2 is 1.79 bits per heavy atom. The van der Waals surface area contributed by atoms with Crippen molar-refractivity contribution < 1.29 is 22.4 Å². The van der Waals surface area contributed by atoms with Gasteiger partial charge in [-0.25, -0.2) is 13.4 Å². The van der Waals surface area contributed by atoms with Gasteiger partial charge < -0.3 is 15.1 Å². The highest BCUT2D eigenvalue weighted by Crippen LogP contribution is 2.19. The van der Waals surface area contributed by atoms with E-state index in [0.717, 1.165) is 25.9 Å². The lowest BCUT2D eigenvalue weighted by Gasteiger charge is -2.37. The molecule has 38 heavy (non-hydrogen) atoms. The Labute approximate surface area is 223 Å². The molecule has 1 aromatic heterocycles. The molecule has 2 heterocycles. The number of carbonyl (C=O) groups excluding carboxylic acids is 2. The molecule has 1 amide bonds. The van der Waals surface area contributed by atoms with Gasteiger partial charge in [-0.3, -0.25) is 14.5 Å². The van der Waals surface area contributed by atoms with Gasteiger partial charge in [0.1, 0.15) is 11.6 Å². The Kier molecular flexibility index (Phi) is 9.30. The third kappa shape index (κ3) is 7.06. The van der Waals surface area contributed by atoms with Gasteiger partial charge in [0.05, 0.1) is 17.5 Å². The maximum absolute atomic E-state index is 13.7. The highest BCUT2D eigenvalue weighted by atomic mass is 32.2. The molecular formula is C28H36N4O5S. The number of nitrogens with zero attached hydrogens (tertiary/aromatic N) is 2. The van der Waals surface area contributed by atoms with Crippen LogP contribution in [0.1, 0.15) is 48.9 Å². The van der Waals surface area contributed by atoms with Crippen molar-refractivity contribution in [1.29, 1.82) is 0 Å². The Hall–Kier alpha value is -3.08. The maximum Gasteiger partial charge on any atom is 0.266 e. The number of rotatable bonds is 12.